The molecule has 4 N–H and O–H groups in total. The first kappa shape index (κ1) is 25.4. The van der Waals surface area contributed by atoms with Crippen molar-refractivity contribution in [3.05, 3.63) is 0 Å². The molecule has 0 radical (unpaired) electrons. The number of unbranched alkanes of at least 4 members (excludes halogenated alkanes) is 2. The molecule has 0 saturated carbocycles. The molecular formula is C18H34N2O9S. The summed E-state index contributed by atoms with van der Waals surface area (Å²) in [6.45, 7) is 2.78. The predicted molar refractivity (Wildman–Crippen MR) is 106 cm³/mol. The van der Waals surface area contributed by atoms with E-state index in [2.05, 4.69) is 0 Å². The van der Waals surface area contributed by atoms with Gasteiger partial charge in [-0.3, -0.25) is 4.79 Å². The molecule has 0 bridgehead atoms. The highest BCUT2D eigenvalue weighted by Gasteiger charge is 2.43. The van der Waals surface area contributed by atoms with Gasteiger partial charge >= 0.3 is 0 Å². The van der Waals surface area contributed by atoms with Crippen molar-refractivity contribution in [1.29, 1.82) is 0 Å². The molecule has 5 unspecified atom stereocenters. The molecule has 2 heterocycles. The maximum Gasteiger partial charge on any atom is 0.222 e. The van der Waals surface area contributed by atoms with Gasteiger partial charge in [-0.15, -0.1) is 0 Å². The van der Waals surface area contributed by atoms with Crippen LogP contribution in [0.1, 0.15) is 32.6 Å². The molecule has 1 amide bonds. The first-order chi connectivity index (χ1) is 14.2. The number of sulfonamides is 1. The fraction of sp³-hybridized carbons (Fsp3) is 0.944. The minimum absolute atomic E-state index is 0.00148. The summed E-state index contributed by atoms with van der Waals surface area (Å²) in [6.07, 6.45) is -4.13. The molecular weight excluding hydrogens is 420 g/mol. The summed E-state index contributed by atoms with van der Waals surface area (Å²) >= 11 is 0. The Morgan fingerprint density at radius 3 is 2.30 bits per heavy atom. The monoisotopic (exact) mass is 454 g/mol. The fourth-order valence-corrected chi connectivity index (χ4v) is 4.60. The maximum atomic E-state index is 12.3. The van der Waals surface area contributed by atoms with E-state index in [1.165, 1.54) is 4.31 Å². The normalized spacial score (nSPS) is 31.1. The molecule has 2 saturated heterocycles. The summed E-state index contributed by atoms with van der Waals surface area (Å²) in [4.78, 5) is 14.0. The number of ether oxygens (including phenoxy) is 2. The number of aliphatic hydroxyl groups excluding tert-OH is 4. The Morgan fingerprint density at radius 2 is 1.70 bits per heavy atom. The van der Waals surface area contributed by atoms with Gasteiger partial charge in [-0.1, -0.05) is 6.42 Å². The van der Waals surface area contributed by atoms with Crippen LogP contribution in [0.4, 0.5) is 0 Å². The Kier molecular flexibility index (Phi) is 9.88. The van der Waals surface area contributed by atoms with E-state index < -0.39 is 47.3 Å². The van der Waals surface area contributed by atoms with Crippen molar-refractivity contribution in [3.63, 3.8) is 0 Å². The zero-order chi connectivity index (χ0) is 22.3. The van der Waals surface area contributed by atoms with Crippen LogP contribution in [0.2, 0.25) is 0 Å². The molecule has 12 heteroatoms. The van der Waals surface area contributed by atoms with E-state index in [-0.39, 0.29) is 18.3 Å². The molecule has 2 aliphatic rings. The van der Waals surface area contributed by atoms with Crippen LogP contribution in [0.3, 0.4) is 0 Å². The van der Waals surface area contributed by atoms with E-state index in [1.807, 2.05) is 0 Å². The van der Waals surface area contributed by atoms with Crippen molar-refractivity contribution >= 4 is 15.9 Å². The number of carbonyl (C=O) groups is 1. The number of nitrogens with zero attached hydrogens (tertiary/aromatic N) is 2. The van der Waals surface area contributed by atoms with Gasteiger partial charge in [-0.05, 0) is 19.8 Å². The third kappa shape index (κ3) is 6.57. The van der Waals surface area contributed by atoms with Crippen LogP contribution in [-0.2, 0) is 24.3 Å². The highest BCUT2D eigenvalue weighted by atomic mass is 32.2. The minimum atomic E-state index is -3.21. The van der Waals surface area contributed by atoms with Gasteiger partial charge in [0.1, 0.15) is 24.4 Å². The smallest absolute Gasteiger partial charge is 0.222 e. The fourth-order valence-electron chi connectivity index (χ4n) is 3.52. The maximum absolute atomic E-state index is 12.3. The van der Waals surface area contributed by atoms with E-state index in [0.717, 1.165) is 0 Å². The van der Waals surface area contributed by atoms with Crippen LogP contribution < -0.4 is 0 Å². The molecule has 0 aromatic rings. The Balaban J connectivity index is 1.60. The summed E-state index contributed by atoms with van der Waals surface area (Å²) in [5.41, 5.74) is 0. The quantitative estimate of drug-likeness (QED) is 0.270. The van der Waals surface area contributed by atoms with Crippen molar-refractivity contribution in [3.8, 4) is 0 Å². The van der Waals surface area contributed by atoms with Gasteiger partial charge in [0.25, 0.3) is 0 Å². The zero-order valence-electron chi connectivity index (χ0n) is 17.3. The Hall–Kier alpha value is -0.860. The van der Waals surface area contributed by atoms with E-state index >= 15 is 0 Å². The van der Waals surface area contributed by atoms with Gasteiger partial charge in [0.05, 0.1) is 12.4 Å². The summed E-state index contributed by atoms with van der Waals surface area (Å²) < 4.78 is 35.8. The number of piperazine rings is 1. The van der Waals surface area contributed by atoms with Crippen molar-refractivity contribution in [1.82, 2.24) is 9.21 Å². The average Bonchev–Trinajstić information content (AvgIpc) is 2.75. The van der Waals surface area contributed by atoms with Gasteiger partial charge in [-0.2, -0.15) is 4.31 Å². The average molecular weight is 455 g/mol. The molecule has 11 nitrogen and oxygen atoms in total. The van der Waals surface area contributed by atoms with Gasteiger partial charge in [0.2, 0.25) is 15.9 Å². The van der Waals surface area contributed by atoms with Crippen LogP contribution in [0.5, 0.6) is 0 Å². The second-order valence-corrected chi connectivity index (χ2v) is 9.82. The summed E-state index contributed by atoms with van der Waals surface area (Å²) in [7, 11) is -3.21. The van der Waals surface area contributed by atoms with Gasteiger partial charge in [-0.25, -0.2) is 8.42 Å². The highest BCUT2D eigenvalue weighted by molar-refractivity contribution is 7.89. The van der Waals surface area contributed by atoms with Crippen LogP contribution in [0, 0.1) is 0 Å². The number of hydrogen-bond donors (Lipinski definition) is 4. The van der Waals surface area contributed by atoms with E-state index in [9.17, 15) is 28.5 Å². The molecule has 5 atom stereocenters. The number of hydrogen-bond acceptors (Lipinski definition) is 9. The Morgan fingerprint density at radius 1 is 1.03 bits per heavy atom. The molecule has 176 valence electrons. The van der Waals surface area contributed by atoms with Gasteiger partial charge < -0.3 is 34.8 Å². The van der Waals surface area contributed by atoms with E-state index in [0.29, 0.717) is 51.9 Å². The molecule has 0 aliphatic carbocycles. The molecule has 2 fully saturated rings. The number of rotatable bonds is 10. The summed E-state index contributed by atoms with van der Waals surface area (Å²) in [5.74, 6) is 0.0602. The van der Waals surface area contributed by atoms with Crippen LogP contribution in [0.15, 0.2) is 0 Å². The topological polar surface area (TPSA) is 157 Å². The lowest BCUT2D eigenvalue weighted by Gasteiger charge is -2.39. The number of carbonyl (C=O) groups excluding carboxylic acids is 1. The first-order valence-corrected chi connectivity index (χ1v) is 12.0. The van der Waals surface area contributed by atoms with E-state index in [4.69, 9.17) is 14.6 Å². The number of amides is 1. The van der Waals surface area contributed by atoms with Crippen molar-refractivity contribution in [2.45, 2.75) is 63.3 Å². The SMILES string of the molecule is CCS(=O)(=O)N1CCN(C(=O)CCCCCOC2OC(CO)C(O)C(O)C2O)CC1. The second-order valence-electron chi connectivity index (χ2n) is 7.56. The molecule has 0 spiro atoms. The molecule has 2 aliphatic heterocycles. The van der Waals surface area contributed by atoms with Crippen molar-refractivity contribution in [2.24, 2.45) is 0 Å². The minimum Gasteiger partial charge on any atom is -0.394 e. The lowest BCUT2D eigenvalue weighted by atomic mass is 9.99. The number of aliphatic hydroxyl groups is 4. The lowest BCUT2D eigenvalue weighted by molar-refractivity contribution is -0.301. The summed E-state index contributed by atoms with van der Waals surface area (Å²) in [5, 5.41) is 38.5. The second kappa shape index (κ2) is 11.7. The van der Waals surface area contributed by atoms with Gasteiger partial charge in [0.15, 0.2) is 6.29 Å². The first-order valence-electron chi connectivity index (χ1n) is 10.4. The highest BCUT2D eigenvalue weighted by Crippen LogP contribution is 2.22. The van der Waals surface area contributed by atoms with Crippen molar-refractivity contribution < 1.29 is 43.1 Å². The molecule has 30 heavy (non-hydrogen) atoms. The van der Waals surface area contributed by atoms with Crippen LogP contribution in [0.25, 0.3) is 0 Å². The molecule has 0 aromatic heterocycles. The molecule has 0 aromatic carbocycles. The zero-order valence-corrected chi connectivity index (χ0v) is 18.1. The third-order valence-corrected chi connectivity index (χ3v) is 7.40. The van der Waals surface area contributed by atoms with Gasteiger partial charge in [0, 0.05) is 39.2 Å². The summed E-state index contributed by atoms with van der Waals surface area (Å²) in [6, 6.07) is 0. The predicted octanol–water partition coefficient (Wildman–Crippen LogP) is -2.14. The van der Waals surface area contributed by atoms with Crippen LogP contribution >= 0.6 is 0 Å². The van der Waals surface area contributed by atoms with E-state index in [1.54, 1.807) is 11.8 Å². The molecule has 2 rings (SSSR count). The van der Waals surface area contributed by atoms with Crippen molar-refractivity contribution in [2.75, 3.05) is 45.1 Å². The third-order valence-electron chi connectivity index (χ3n) is 5.52. The Labute approximate surface area is 177 Å². The largest absolute Gasteiger partial charge is 0.394 e. The standard InChI is InChI=1S/C18H34N2O9S/c1-2-30(26,27)20-9-7-19(8-10-20)14(22)6-4-3-5-11-28-18-17(25)16(24)15(23)13(12-21)29-18/h13,15-18,21,23-25H,2-12H2,1H3. The Bertz CT molecular complexity index is 638. The lowest BCUT2D eigenvalue weighted by Crippen LogP contribution is -2.59. The van der Waals surface area contributed by atoms with Crippen LogP contribution in [-0.4, -0.2) is 120 Å².